The number of aliphatic hydroxyl groups is 1. The third-order valence-electron chi connectivity index (χ3n) is 3.60. The summed E-state index contributed by atoms with van der Waals surface area (Å²) in [6.07, 6.45) is 0. The third-order valence-corrected chi connectivity index (χ3v) is 3.60. The maximum Gasteiger partial charge on any atom is 0.270 e. The fourth-order valence-electron chi connectivity index (χ4n) is 2.42. The zero-order valence-electron chi connectivity index (χ0n) is 13.3. The van der Waals surface area contributed by atoms with Crippen LogP contribution in [0.2, 0.25) is 0 Å². The average Bonchev–Trinajstić information content (AvgIpc) is 3.11. The van der Waals surface area contributed by atoms with Crippen LogP contribution in [0.4, 0.5) is 11.4 Å². The van der Waals surface area contributed by atoms with Crippen LogP contribution in [0.5, 0.6) is 0 Å². The van der Waals surface area contributed by atoms with E-state index in [0.29, 0.717) is 24.5 Å². The zero-order valence-corrected chi connectivity index (χ0v) is 13.3. The first kappa shape index (κ1) is 16.6. The zero-order chi connectivity index (χ0) is 17.6. The molecule has 0 atom stereocenters. The van der Waals surface area contributed by atoms with Crippen molar-refractivity contribution in [2.24, 2.45) is 0 Å². The van der Waals surface area contributed by atoms with Crippen LogP contribution in [0.25, 0.3) is 11.4 Å². The van der Waals surface area contributed by atoms with E-state index in [1.54, 1.807) is 12.1 Å². The molecule has 1 heterocycles. The Morgan fingerprint density at radius 2 is 1.96 bits per heavy atom. The summed E-state index contributed by atoms with van der Waals surface area (Å²) in [5.41, 5.74) is 1.40. The molecule has 3 rings (SSSR count). The summed E-state index contributed by atoms with van der Waals surface area (Å²) in [6, 6.07) is 15.6. The number of rotatable bonds is 7. The summed E-state index contributed by atoms with van der Waals surface area (Å²) in [4.78, 5) is 16.6. The number of benzene rings is 2. The Labute approximate surface area is 143 Å². The maximum absolute atomic E-state index is 10.9. The fraction of sp³-hybridized carbons (Fsp3) is 0.176. The Balaban J connectivity index is 1.81. The number of anilines is 1. The quantitative estimate of drug-likeness (QED) is 0.520. The second kappa shape index (κ2) is 7.54. The molecule has 0 spiro atoms. The van der Waals surface area contributed by atoms with E-state index in [1.165, 1.54) is 12.1 Å². The normalized spacial score (nSPS) is 10.6. The van der Waals surface area contributed by atoms with E-state index < -0.39 is 4.92 Å². The highest BCUT2D eigenvalue weighted by molar-refractivity contribution is 5.58. The summed E-state index contributed by atoms with van der Waals surface area (Å²) in [5, 5.41) is 24.0. The standard InChI is InChI=1S/C17H16N4O4/c22-10-9-20(14-6-2-1-3-7-14)12-16-18-17(19-25-16)13-5-4-8-15(11-13)21(23)24/h1-8,11,22H,9-10,12H2. The Morgan fingerprint density at radius 1 is 1.16 bits per heavy atom. The van der Waals surface area contributed by atoms with Crippen molar-refractivity contribution < 1.29 is 14.6 Å². The lowest BCUT2D eigenvalue weighted by Crippen LogP contribution is -2.26. The number of nitro groups is 1. The Kier molecular flexibility index (Phi) is 5.00. The van der Waals surface area contributed by atoms with E-state index in [2.05, 4.69) is 10.1 Å². The number of aromatic nitrogens is 2. The van der Waals surface area contributed by atoms with Crippen molar-refractivity contribution in [2.45, 2.75) is 6.54 Å². The van der Waals surface area contributed by atoms with Gasteiger partial charge in [0.25, 0.3) is 5.69 Å². The predicted octanol–water partition coefficient (Wildman–Crippen LogP) is 2.64. The Bertz CT molecular complexity index is 851. The van der Waals surface area contributed by atoms with Gasteiger partial charge < -0.3 is 14.5 Å². The monoisotopic (exact) mass is 340 g/mol. The molecule has 2 aromatic carbocycles. The molecule has 8 nitrogen and oxygen atoms in total. The van der Waals surface area contributed by atoms with E-state index >= 15 is 0 Å². The second-order valence-electron chi connectivity index (χ2n) is 5.30. The SMILES string of the molecule is O=[N+]([O-])c1cccc(-c2noc(CN(CCO)c3ccccc3)n2)c1. The minimum Gasteiger partial charge on any atom is -0.395 e. The van der Waals surface area contributed by atoms with Gasteiger partial charge in [-0.05, 0) is 12.1 Å². The number of nitro benzene ring substituents is 1. The van der Waals surface area contributed by atoms with Crippen molar-refractivity contribution in [2.75, 3.05) is 18.1 Å². The maximum atomic E-state index is 10.9. The molecule has 0 radical (unpaired) electrons. The first-order chi connectivity index (χ1) is 12.2. The summed E-state index contributed by atoms with van der Waals surface area (Å²) in [6.45, 7) is 0.728. The molecule has 1 aromatic heterocycles. The van der Waals surface area contributed by atoms with Crippen LogP contribution in [0.15, 0.2) is 59.1 Å². The fourth-order valence-corrected chi connectivity index (χ4v) is 2.42. The summed E-state index contributed by atoms with van der Waals surface area (Å²) < 4.78 is 5.26. The summed E-state index contributed by atoms with van der Waals surface area (Å²) >= 11 is 0. The van der Waals surface area contributed by atoms with Gasteiger partial charge in [-0.2, -0.15) is 4.98 Å². The van der Waals surface area contributed by atoms with Crippen LogP contribution in [0.1, 0.15) is 5.89 Å². The van der Waals surface area contributed by atoms with Gasteiger partial charge in [-0.3, -0.25) is 10.1 Å². The molecule has 0 amide bonds. The van der Waals surface area contributed by atoms with Crippen LogP contribution in [-0.4, -0.2) is 33.3 Å². The number of hydrogen-bond donors (Lipinski definition) is 1. The number of aliphatic hydroxyl groups excluding tert-OH is 1. The highest BCUT2D eigenvalue weighted by atomic mass is 16.6. The molecule has 0 aliphatic heterocycles. The highest BCUT2D eigenvalue weighted by Crippen LogP contribution is 2.22. The van der Waals surface area contributed by atoms with Crippen molar-refractivity contribution in [3.63, 3.8) is 0 Å². The molecule has 8 heteroatoms. The van der Waals surface area contributed by atoms with Crippen LogP contribution in [-0.2, 0) is 6.54 Å². The number of nitrogens with zero attached hydrogens (tertiary/aromatic N) is 4. The average molecular weight is 340 g/mol. The van der Waals surface area contributed by atoms with Gasteiger partial charge in [0.15, 0.2) is 0 Å². The van der Waals surface area contributed by atoms with Gasteiger partial charge in [0.1, 0.15) is 0 Å². The lowest BCUT2D eigenvalue weighted by atomic mass is 10.2. The summed E-state index contributed by atoms with van der Waals surface area (Å²) in [5.74, 6) is 0.648. The van der Waals surface area contributed by atoms with Gasteiger partial charge in [0, 0.05) is 29.9 Å². The predicted molar refractivity (Wildman–Crippen MR) is 91.0 cm³/mol. The van der Waals surface area contributed by atoms with Gasteiger partial charge >= 0.3 is 0 Å². The van der Waals surface area contributed by atoms with Gasteiger partial charge in [-0.15, -0.1) is 0 Å². The van der Waals surface area contributed by atoms with Crippen molar-refractivity contribution >= 4 is 11.4 Å². The van der Waals surface area contributed by atoms with Gasteiger partial charge in [-0.25, -0.2) is 0 Å². The first-order valence-electron chi connectivity index (χ1n) is 7.65. The Morgan fingerprint density at radius 3 is 2.68 bits per heavy atom. The van der Waals surface area contributed by atoms with Gasteiger partial charge in [0.05, 0.1) is 18.1 Å². The van der Waals surface area contributed by atoms with Crippen molar-refractivity contribution in [3.8, 4) is 11.4 Å². The first-order valence-corrected chi connectivity index (χ1v) is 7.65. The van der Waals surface area contributed by atoms with Gasteiger partial charge in [0.2, 0.25) is 11.7 Å². The molecule has 0 unspecified atom stereocenters. The molecule has 128 valence electrons. The van der Waals surface area contributed by atoms with E-state index in [4.69, 9.17) is 4.52 Å². The second-order valence-corrected chi connectivity index (χ2v) is 5.30. The molecule has 3 aromatic rings. The van der Waals surface area contributed by atoms with E-state index in [9.17, 15) is 15.2 Å². The van der Waals surface area contributed by atoms with E-state index in [1.807, 2.05) is 35.2 Å². The number of hydrogen-bond acceptors (Lipinski definition) is 7. The van der Waals surface area contributed by atoms with Crippen molar-refractivity contribution in [1.29, 1.82) is 0 Å². The molecule has 1 N–H and O–H groups in total. The topological polar surface area (TPSA) is 106 Å². The van der Waals surface area contributed by atoms with Gasteiger partial charge in [-0.1, -0.05) is 35.5 Å². The molecule has 0 bridgehead atoms. The minimum absolute atomic E-state index is 0.0131. The highest BCUT2D eigenvalue weighted by Gasteiger charge is 2.15. The smallest absolute Gasteiger partial charge is 0.270 e. The van der Waals surface area contributed by atoms with Crippen LogP contribution < -0.4 is 4.90 Å². The van der Waals surface area contributed by atoms with Crippen LogP contribution in [0, 0.1) is 10.1 Å². The molecule has 0 aliphatic carbocycles. The van der Waals surface area contributed by atoms with E-state index in [-0.39, 0.29) is 18.1 Å². The number of para-hydroxylation sites is 1. The van der Waals surface area contributed by atoms with Crippen LogP contribution in [0.3, 0.4) is 0 Å². The molecule has 0 fully saturated rings. The lowest BCUT2D eigenvalue weighted by molar-refractivity contribution is -0.384. The molecule has 0 aliphatic rings. The molecule has 0 saturated heterocycles. The van der Waals surface area contributed by atoms with Crippen LogP contribution >= 0.6 is 0 Å². The van der Waals surface area contributed by atoms with Crippen molar-refractivity contribution in [1.82, 2.24) is 10.1 Å². The lowest BCUT2D eigenvalue weighted by Gasteiger charge is -2.21. The Hall–Kier alpha value is -3.26. The van der Waals surface area contributed by atoms with Crippen molar-refractivity contribution in [3.05, 3.63) is 70.6 Å². The van der Waals surface area contributed by atoms with E-state index in [0.717, 1.165) is 5.69 Å². The molecular formula is C17H16N4O4. The molecule has 0 saturated carbocycles. The third kappa shape index (κ3) is 3.99. The minimum atomic E-state index is -0.469. The largest absolute Gasteiger partial charge is 0.395 e. The summed E-state index contributed by atoms with van der Waals surface area (Å²) in [7, 11) is 0. The number of non-ortho nitro benzene ring substituents is 1. The molecular weight excluding hydrogens is 324 g/mol. The molecule has 25 heavy (non-hydrogen) atoms.